The van der Waals surface area contributed by atoms with E-state index in [1.54, 1.807) is 0 Å². The summed E-state index contributed by atoms with van der Waals surface area (Å²) >= 11 is 1.85. The molecule has 4 aromatic rings. The van der Waals surface area contributed by atoms with Crippen molar-refractivity contribution in [2.24, 2.45) is 0 Å². The van der Waals surface area contributed by atoms with Crippen molar-refractivity contribution in [2.45, 2.75) is 17.1 Å². The monoisotopic (exact) mass is 342 g/mol. The fraction of sp³-hybridized carbons (Fsp3) is 0.0909. The molecule has 122 valence electrons. The summed E-state index contributed by atoms with van der Waals surface area (Å²) in [7, 11) is 0. The molecule has 0 aliphatic carbocycles. The number of hydrogen-bond donors (Lipinski definition) is 0. The van der Waals surface area contributed by atoms with E-state index in [1.165, 1.54) is 21.4 Å². The third-order valence-electron chi connectivity index (χ3n) is 4.17. The fourth-order valence-electron chi connectivity index (χ4n) is 2.88. The molecule has 0 fully saturated rings. The molecule has 1 heterocycles. The summed E-state index contributed by atoms with van der Waals surface area (Å²) in [4.78, 5) is 1.26. The van der Waals surface area contributed by atoms with Crippen LogP contribution in [0.25, 0.3) is 10.8 Å². The SMILES string of the molecule is c1ccc(CSc2ccc3c(Cc4ccccc4)nncc3c2)cc1. The molecule has 0 radical (unpaired) electrons. The summed E-state index contributed by atoms with van der Waals surface area (Å²) in [6.07, 6.45) is 2.66. The van der Waals surface area contributed by atoms with E-state index in [0.29, 0.717) is 0 Å². The van der Waals surface area contributed by atoms with Gasteiger partial charge >= 0.3 is 0 Å². The van der Waals surface area contributed by atoms with Crippen LogP contribution in [0.3, 0.4) is 0 Å². The van der Waals surface area contributed by atoms with E-state index in [9.17, 15) is 0 Å². The Kier molecular flexibility index (Phi) is 4.75. The van der Waals surface area contributed by atoms with Gasteiger partial charge in [0.05, 0.1) is 11.9 Å². The summed E-state index contributed by atoms with van der Waals surface area (Å²) in [6, 6.07) is 27.5. The Labute approximate surface area is 151 Å². The minimum absolute atomic E-state index is 0.807. The second kappa shape index (κ2) is 7.49. The first kappa shape index (κ1) is 15.9. The molecule has 3 heteroatoms. The van der Waals surface area contributed by atoms with Gasteiger partial charge in [-0.2, -0.15) is 10.2 Å². The number of rotatable bonds is 5. The van der Waals surface area contributed by atoms with Crippen molar-refractivity contribution < 1.29 is 0 Å². The third kappa shape index (κ3) is 3.89. The molecular weight excluding hydrogens is 324 g/mol. The quantitative estimate of drug-likeness (QED) is 0.447. The molecule has 0 aliphatic rings. The average molecular weight is 342 g/mol. The molecule has 0 spiro atoms. The second-order valence-electron chi connectivity index (χ2n) is 5.98. The van der Waals surface area contributed by atoms with Crippen LogP contribution in [0.1, 0.15) is 16.8 Å². The van der Waals surface area contributed by atoms with Crippen molar-refractivity contribution >= 4 is 22.5 Å². The Morgan fingerprint density at radius 2 is 1.48 bits per heavy atom. The third-order valence-corrected chi connectivity index (χ3v) is 5.24. The molecule has 0 bridgehead atoms. The lowest BCUT2D eigenvalue weighted by atomic mass is 10.0. The van der Waals surface area contributed by atoms with Crippen LogP contribution in [0.15, 0.2) is 90.0 Å². The number of hydrogen-bond acceptors (Lipinski definition) is 3. The standard InChI is InChI=1S/C22H18N2S/c1-3-7-17(8-4-1)13-22-21-12-11-20(14-19(21)15-23-24-22)25-16-18-9-5-2-6-10-18/h1-12,14-15H,13,16H2. The van der Waals surface area contributed by atoms with E-state index in [1.807, 2.05) is 24.0 Å². The smallest absolute Gasteiger partial charge is 0.0753 e. The van der Waals surface area contributed by atoms with Gasteiger partial charge in [0, 0.05) is 27.8 Å². The minimum Gasteiger partial charge on any atom is -0.158 e. The molecule has 2 nitrogen and oxygen atoms in total. The van der Waals surface area contributed by atoms with Crippen molar-refractivity contribution in [3.05, 3.63) is 102 Å². The zero-order valence-electron chi connectivity index (χ0n) is 13.8. The van der Waals surface area contributed by atoms with Gasteiger partial charge in [0.1, 0.15) is 0 Å². The number of aromatic nitrogens is 2. The number of fused-ring (bicyclic) bond motifs is 1. The Hall–Kier alpha value is -2.65. The Balaban J connectivity index is 1.57. The van der Waals surface area contributed by atoms with Gasteiger partial charge in [0.25, 0.3) is 0 Å². The predicted octanol–water partition coefficient (Wildman–Crippen LogP) is 5.51. The predicted molar refractivity (Wildman–Crippen MR) is 105 cm³/mol. The van der Waals surface area contributed by atoms with Crippen molar-refractivity contribution in [1.82, 2.24) is 10.2 Å². The van der Waals surface area contributed by atoms with Gasteiger partial charge in [-0.3, -0.25) is 0 Å². The van der Waals surface area contributed by atoms with Crippen molar-refractivity contribution in [2.75, 3.05) is 0 Å². The molecule has 0 atom stereocenters. The highest BCUT2D eigenvalue weighted by molar-refractivity contribution is 7.98. The van der Waals surface area contributed by atoms with E-state index in [4.69, 9.17) is 0 Å². The molecule has 0 N–H and O–H groups in total. The zero-order valence-corrected chi connectivity index (χ0v) is 14.6. The summed E-state index contributed by atoms with van der Waals surface area (Å²) in [5.41, 5.74) is 3.63. The van der Waals surface area contributed by atoms with E-state index >= 15 is 0 Å². The Morgan fingerprint density at radius 3 is 2.24 bits per heavy atom. The van der Waals surface area contributed by atoms with Crippen molar-refractivity contribution in [1.29, 1.82) is 0 Å². The lowest BCUT2D eigenvalue weighted by Crippen LogP contribution is -1.96. The molecule has 0 saturated heterocycles. The molecule has 0 aliphatic heterocycles. The number of thioether (sulfide) groups is 1. The molecule has 1 aromatic heterocycles. The molecule has 25 heavy (non-hydrogen) atoms. The van der Waals surface area contributed by atoms with Crippen molar-refractivity contribution in [3.63, 3.8) is 0 Å². The maximum absolute atomic E-state index is 4.37. The van der Waals surface area contributed by atoms with Crippen LogP contribution in [0.4, 0.5) is 0 Å². The van der Waals surface area contributed by atoms with Crippen LogP contribution in [0, 0.1) is 0 Å². The van der Waals surface area contributed by atoms with Crippen LogP contribution < -0.4 is 0 Å². The Bertz CT molecular complexity index is 969. The van der Waals surface area contributed by atoms with E-state index in [2.05, 4.69) is 83.0 Å². The van der Waals surface area contributed by atoms with Gasteiger partial charge < -0.3 is 0 Å². The van der Waals surface area contributed by atoms with E-state index < -0.39 is 0 Å². The molecule has 4 rings (SSSR count). The first-order valence-corrected chi connectivity index (χ1v) is 9.32. The topological polar surface area (TPSA) is 25.8 Å². The normalized spacial score (nSPS) is 10.9. The zero-order chi connectivity index (χ0) is 16.9. The summed E-state index contributed by atoms with van der Waals surface area (Å²) < 4.78 is 0. The first-order chi connectivity index (χ1) is 12.4. The molecule has 0 amide bonds. The fourth-order valence-corrected chi connectivity index (χ4v) is 3.78. The maximum atomic E-state index is 4.37. The number of nitrogens with zero attached hydrogens (tertiary/aromatic N) is 2. The van der Waals surface area contributed by atoms with E-state index in [0.717, 1.165) is 23.3 Å². The maximum Gasteiger partial charge on any atom is 0.0753 e. The molecule has 3 aromatic carbocycles. The molecule has 0 saturated carbocycles. The largest absolute Gasteiger partial charge is 0.158 e. The van der Waals surface area contributed by atoms with Gasteiger partial charge in [-0.05, 0) is 23.3 Å². The Morgan fingerprint density at radius 1 is 0.760 bits per heavy atom. The highest BCUT2D eigenvalue weighted by Gasteiger charge is 2.06. The van der Waals surface area contributed by atoms with Gasteiger partial charge in [-0.15, -0.1) is 11.8 Å². The van der Waals surface area contributed by atoms with Crippen LogP contribution >= 0.6 is 11.8 Å². The van der Waals surface area contributed by atoms with Gasteiger partial charge in [0.15, 0.2) is 0 Å². The molecular formula is C22H18N2S. The lowest BCUT2D eigenvalue weighted by molar-refractivity contribution is 0.957. The highest BCUT2D eigenvalue weighted by Crippen LogP contribution is 2.27. The van der Waals surface area contributed by atoms with Gasteiger partial charge in [0.2, 0.25) is 0 Å². The van der Waals surface area contributed by atoms with E-state index in [-0.39, 0.29) is 0 Å². The molecule has 0 unspecified atom stereocenters. The minimum atomic E-state index is 0.807. The van der Waals surface area contributed by atoms with Crippen molar-refractivity contribution in [3.8, 4) is 0 Å². The van der Waals surface area contributed by atoms with Crippen LogP contribution in [0.5, 0.6) is 0 Å². The number of benzene rings is 3. The summed E-state index contributed by atoms with van der Waals surface area (Å²) in [6.45, 7) is 0. The van der Waals surface area contributed by atoms with Crippen LogP contribution in [-0.2, 0) is 12.2 Å². The van der Waals surface area contributed by atoms with Gasteiger partial charge in [-0.25, -0.2) is 0 Å². The van der Waals surface area contributed by atoms with Crippen LogP contribution in [0.2, 0.25) is 0 Å². The lowest BCUT2D eigenvalue weighted by Gasteiger charge is -2.07. The average Bonchev–Trinajstić information content (AvgIpc) is 2.68. The first-order valence-electron chi connectivity index (χ1n) is 8.33. The summed E-state index contributed by atoms with van der Waals surface area (Å²) in [5, 5.41) is 10.9. The highest BCUT2D eigenvalue weighted by atomic mass is 32.2. The second-order valence-corrected chi connectivity index (χ2v) is 7.03. The summed E-state index contributed by atoms with van der Waals surface area (Å²) in [5.74, 6) is 0.974. The van der Waals surface area contributed by atoms with Crippen LogP contribution in [-0.4, -0.2) is 10.2 Å². The van der Waals surface area contributed by atoms with Gasteiger partial charge in [-0.1, -0.05) is 66.7 Å².